The molecule has 32 heavy (non-hydrogen) atoms. The Balaban J connectivity index is 1.46. The number of nitriles is 1. The molecular weight excluding hydrogens is 412 g/mol. The molecule has 1 fully saturated rings. The number of hydrogen-bond donors (Lipinski definition) is 0. The first-order valence-electron chi connectivity index (χ1n) is 11.3. The van der Waals surface area contributed by atoms with Crippen LogP contribution < -0.4 is 9.47 Å². The summed E-state index contributed by atoms with van der Waals surface area (Å²) in [6.07, 6.45) is 10.2. The summed E-state index contributed by atoms with van der Waals surface area (Å²) in [4.78, 5) is 12.3. The zero-order chi connectivity index (χ0) is 22.9. The van der Waals surface area contributed by atoms with Gasteiger partial charge in [-0.25, -0.2) is 13.6 Å². The molecule has 4 nitrogen and oxygen atoms in total. The third-order valence-electron chi connectivity index (χ3n) is 6.10. The summed E-state index contributed by atoms with van der Waals surface area (Å²) in [5.41, 5.74) is -0.480. The first-order valence-corrected chi connectivity index (χ1v) is 11.3. The molecule has 0 aliphatic heterocycles. The lowest BCUT2D eigenvalue weighted by Gasteiger charge is -2.28. The minimum atomic E-state index is -1.07. The smallest absolute Gasteiger partial charge is 0.343 e. The van der Waals surface area contributed by atoms with Crippen LogP contribution in [-0.2, 0) is 0 Å². The summed E-state index contributed by atoms with van der Waals surface area (Å²) in [6.45, 7) is 2.90. The molecule has 170 valence electrons. The maximum Gasteiger partial charge on any atom is 0.343 e. The van der Waals surface area contributed by atoms with Crippen LogP contribution in [0.4, 0.5) is 8.78 Å². The van der Waals surface area contributed by atoms with Gasteiger partial charge < -0.3 is 9.47 Å². The monoisotopic (exact) mass is 441 g/mol. The highest BCUT2D eigenvalue weighted by Gasteiger charge is 2.21. The fourth-order valence-electron chi connectivity index (χ4n) is 4.15. The highest BCUT2D eigenvalue weighted by Crippen LogP contribution is 2.32. The number of ether oxygens (including phenoxy) is 2. The van der Waals surface area contributed by atoms with Gasteiger partial charge in [0.1, 0.15) is 34.8 Å². The van der Waals surface area contributed by atoms with E-state index in [1.165, 1.54) is 57.4 Å². The molecule has 0 atom stereocenters. The number of esters is 1. The number of carbonyl (C=O) groups excluding carboxylic acids is 1. The van der Waals surface area contributed by atoms with E-state index in [0.717, 1.165) is 18.1 Å². The summed E-state index contributed by atoms with van der Waals surface area (Å²) in [5.74, 6) is -1.11. The van der Waals surface area contributed by atoms with Gasteiger partial charge in [0, 0.05) is 12.1 Å². The molecule has 6 heteroatoms. The van der Waals surface area contributed by atoms with E-state index in [1.54, 1.807) is 24.3 Å². The first kappa shape index (κ1) is 23.7. The lowest BCUT2D eigenvalue weighted by atomic mass is 9.80. The zero-order valence-electron chi connectivity index (χ0n) is 18.4. The van der Waals surface area contributed by atoms with Crippen LogP contribution in [0.15, 0.2) is 36.4 Å². The van der Waals surface area contributed by atoms with Crippen molar-refractivity contribution in [1.82, 2.24) is 0 Å². The molecule has 0 heterocycles. The quantitative estimate of drug-likeness (QED) is 0.243. The van der Waals surface area contributed by atoms with Crippen LogP contribution in [-0.4, -0.2) is 12.6 Å². The molecule has 2 aromatic carbocycles. The maximum absolute atomic E-state index is 13.7. The van der Waals surface area contributed by atoms with Gasteiger partial charge in [-0.05, 0) is 48.9 Å². The Morgan fingerprint density at radius 2 is 1.62 bits per heavy atom. The fourth-order valence-corrected chi connectivity index (χ4v) is 4.15. The lowest BCUT2D eigenvalue weighted by molar-refractivity contribution is 0.0734. The minimum absolute atomic E-state index is 0.232. The van der Waals surface area contributed by atoms with Gasteiger partial charge in [0.25, 0.3) is 0 Å². The lowest BCUT2D eigenvalue weighted by Crippen LogP contribution is -2.20. The predicted octanol–water partition coefficient (Wildman–Crippen LogP) is 6.82. The zero-order valence-corrected chi connectivity index (χ0v) is 18.4. The van der Waals surface area contributed by atoms with Crippen LogP contribution in [0.25, 0.3) is 0 Å². The van der Waals surface area contributed by atoms with Crippen LogP contribution in [0.5, 0.6) is 11.5 Å². The van der Waals surface area contributed by atoms with Gasteiger partial charge in [0.2, 0.25) is 0 Å². The SMILES string of the molecule is CCCCC[C@H]1CC[C@H](COc2ccc(C(=O)Oc3cc(F)c(C#N)c(F)c3)cc2)CC1. The van der Waals surface area contributed by atoms with Crippen molar-refractivity contribution in [2.45, 2.75) is 58.3 Å². The molecule has 1 saturated carbocycles. The second-order valence-corrected chi connectivity index (χ2v) is 8.48. The Labute approximate surface area is 188 Å². The highest BCUT2D eigenvalue weighted by molar-refractivity contribution is 5.91. The molecule has 3 rings (SSSR count). The van der Waals surface area contributed by atoms with Crippen LogP contribution in [0.2, 0.25) is 0 Å². The fraction of sp³-hybridized carbons (Fsp3) is 0.462. The van der Waals surface area contributed by atoms with E-state index in [9.17, 15) is 13.6 Å². The minimum Gasteiger partial charge on any atom is -0.493 e. The molecule has 0 unspecified atom stereocenters. The van der Waals surface area contributed by atoms with Crippen LogP contribution >= 0.6 is 0 Å². The van der Waals surface area contributed by atoms with Crippen LogP contribution in [0, 0.1) is 34.8 Å². The topological polar surface area (TPSA) is 59.3 Å². The van der Waals surface area contributed by atoms with Gasteiger partial charge >= 0.3 is 5.97 Å². The molecule has 2 aromatic rings. The highest BCUT2D eigenvalue weighted by atomic mass is 19.1. The van der Waals surface area contributed by atoms with Crippen molar-refractivity contribution in [2.24, 2.45) is 11.8 Å². The number of hydrogen-bond acceptors (Lipinski definition) is 4. The van der Waals surface area contributed by atoms with E-state index in [1.807, 2.05) is 0 Å². The second-order valence-electron chi connectivity index (χ2n) is 8.48. The number of benzene rings is 2. The number of carbonyl (C=O) groups is 1. The standard InChI is InChI=1S/C26H29F2NO3/c1-2-3-4-5-18-6-8-19(9-7-18)17-31-21-12-10-20(11-13-21)26(30)32-22-14-24(27)23(16-29)25(28)15-22/h10-15,18-19H,2-9,17H2,1H3/t18-,19-. The van der Waals surface area contributed by atoms with Crippen molar-refractivity contribution < 1.29 is 23.0 Å². The first-order chi connectivity index (χ1) is 15.5. The molecule has 0 N–H and O–H groups in total. The van der Waals surface area contributed by atoms with Crippen molar-refractivity contribution in [1.29, 1.82) is 5.26 Å². The predicted molar refractivity (Wildman–Crippen MR) is 118 cm³/mol. The summed E-state index contributed by atoms with van der Waals surface area (Å²) in [5, 5.41) is 8.70. The summed E-state index contributed by atoms with van der Waals surface area (Å²) < 4.78 is 38.3. The van der Waals surface area contributed by atoms with E-state index >= 15 is 0 Å². The molecule has 0 saturated heterocycles. The van der Waals surface area contributed by atoms with E-state index in [2.05, 4.69) is 6.92 Å². The number of halogens is 2. The van der Waals surface area contributed by atoms with Crippen molar-refractivity contribution in [2.75, 3.05) is 6.61 Å². The third-order valence-corrected chi connectivity index (χ3v) is 6.10. The Hall–Kier alpha value is -2.94. The van der Waals surface area contributed by atoms with Crippen molar-refractivity contribution in [3.8, 4) is 17.6 Å². The largest absolute Gasteiger partial charge is 0.493 e. The molecule has 0 bridgehead atoms. The Morgan fingerprint density at radius 3 is 2.22 bits per heavy atom. The normalized spacial score (nSPS) is 18.1. The average molecular weight is 442 g/mol. The van der Waals surface area contributed by atoms with Gasteiger partial charge in [-0.2, -0.15) is 5.26 Å². The second kappa shape index (κ2) is 11.6. The summed E-state index contributed by atoms with van der Waals surface area (Å²) >= 11 is 0. The van der Waals surface area contributed by atoms with Crippen molar-refractivity contribution in [3.63, 3.8) is 0 Å². The molecular formula is C26H29F2NO3. The Morgan fingerprint density at radius 1 is 1.00 bits per heavy atom. The molecule has 0 spiro atoms. The molecule has 1 aliphatic carbocycles. The number of unbranched alkanes of at least 4 members (excludes halogenated alkanes) is 2. The number of rotatable bonds is 9. The van der Waals surface area contributed by atoms with Crippen molar-refractivity contribution >= 4 is 5.97 Å². The van der Waals surface area contributed by atoms with E-state index in [0.29, 0.717) is 18.3 Å². The molecule has 0 aromatic heterocycles. The molecule has 0 amide bonds. The third kappa shape index (κ3) is 6.53. The summed E-state index contributed by atoms with van der Waals surface area (Å²) in [6, 6.07) is 9.54. The average Bonchev–Trinajstić information content (AvgIpc) is 2.79. The van der Waals surface area contributed by atoms with Crippen LogP contribution in [0.1, 0.15) is 74.2 Å². The van der Waals surface area contributed by atoms with Crippen molar-refractivity contribution in [3.05, 3.63) is 59.2 Å². The van der Waals surface area contributed by atoms with Gasteiger partial charge in [-0.1, -0.05) is 45.4 Å². The van der Waals surface area contributed by atoms with Gasteiger partial charge in [0.15, 0.2) is 0 Å². The molecule has 0 radical (unpaired) electrons. The van der Waals surface area contributed by atoms with E-state index in [-0.39, 0.29) is 11.3 Å². The number of nitrogens with zero attached hydrogens (tertiary/aromatic N) is 1. The maximum atomic E-state index is 13.7. The Kier molecular flexibility index (Phi) is 8.61. The van der Waals surface area contributed by atoms with Gasteiger partial charge in [0.05, 0.1) is 12.2 Å². The Bertz CT molecular complexity index is 922. The van der Waals surface area contributed by atoms with Gasteiger partial charge in [-0.3, -0.25) is 0 Å². The van der Waals surface area contributed by atoms with Gasteiger partial charge in [-0.15, -0.1) is 0 Å². The van der Waals surface area contributed by atoms with E-state index < -0.39 is 23.2 Å². The summed E-state index contributed by atoms with van der Waals surface area (Å²) in [7, 11) is 0. The van der Waals surface area contributed by atoms with E-state index in [4.69, 9.17) is 14.7 Å². The van der Waals surface area contributed by atoms with Crippen LogP contribution in [0.3, 0.4) is 0 Å². The molecule has 1 aliphatic rings.